The smallest absolute Gasteiger partial charge is 0.145 e. The second kappa shape index (κ2) is 6.63. The fourth-order valence-corrected chi connectivity index (χ4v) is 2.96. The molecule has 0 amide bonds. The third kappa shape index (κ3) is 3.38. The summed E-state index contributed by atoms with van der Waals surface area (Å²) in [6.45, 7) is 0. The van der Waals surface area contributed by atoms with Gasteiger partial charge in [0.15, 0.2) is 0 Å². The third-order valence-electron chi connectivity index (χ3n) is 3.66. The highest BCUT2D eigenvalue weighted by Gasteiger charge is 2.12. The first-order chi connectivity index (χ1) is 12.2. The zero-order chi connectivity index (χ0) is 17.2. The van der Waals surface area contributed by atoms with Gasteiger partial charge in [-0.2, -0.15) is 0 Å². The zero-order valence-corrected chi connectivity index (χ0v) is 14.4. The van der Waals surface area contributed by atoms with Gasteiger partial charge < -0.3 is 15.6 Å². The summed E-state index contributed by atoms with van der Waals surface area (Å²) in [6.07, 6.45) is 3.36. The van der Waals surface area contributed by atoms with Crippen LogP contribution in [0.4, 0.5) is 22.9 Å². The van der Waals surface area contributed by atoms with Gasteiger partial charge >= 0.3 is 0 Å². The van der Waals surface area contributed by atoms with Gasteiger partial charge in [0.25, 0.3) is 0 Å². The van der Waals surface area contributed by atoms with Gasteiger partial charge in [0.1, 0.15) is 17.8 Å². The van der Waals surface area contributed by atoms with Crippen molar-refractivity contribution in [2.75, 3.05) is 10.6 Å². The fourth-order valence-electron chi connectivity index (χ4n) is 2.58. The van der Waals surface area contributed by atoms with Crippen LogP contribution in [0.25, 0.3) is 11.0 Å². The number of aromatic nitrogens is 3. The van der Waals surface area contributed by atoms with Crippen LogP contribution in [0, 0.1) is 0 Å². The SMILES string of the molecule is Clc1cccc(Nc2c[nH]c3ncnc(Nc4cccc(Cl)c4)c23)c1. The molecule has 2 aromatic heterocycles. The number of rotatable bonds is 4. The molecule has 0 fully saturated rings. The Morgan fingerprint density at radius 1 is 0.840 bits per heavy atom. The topological polar surface area (TPSA) is 65.6 Å². The molecule has 3 N–H and O–H groups in total. The average molecular weight is 370 g/mol. The summed E-state index contributed by atoms with van der Waals surface area (Å²) in [7, 11) is 0. The van der Waals surface area contributed by atoms with Crippen molar-refractivity contribution >= 4 is 57.1 Å². The minimum absolute atomic E-state index is 0.654. The molecule has 5 nitrogen and oxygen atoms in total. The lowest BCUT2D eigenvalue weighted by molar-refractivity contribution is 1.20. The van der Waals surface area contributed by atoms with Crippen molar-refractivity contribution in [1.29, 1.82) is 0 Å². The molecule has 124 valence electrons. The summed E-state index contributed by atoms with van der Waals surface area (Å²) in [4.78, 5) is 11.8. The molecular weight excluding hydrogens is 357 g/mol. The van der Waals surface area contributed by atoms with E-state index in [2.05, 4.69) is 25.6 Å². The highest BCUT2D eigenvalue weighted by molar-refractivity contribution is 6.31. The zero-order valence-electron chi connectivity index (χ0n) is 12.9. The molecule has 0 unspecified atom stereocenters. The van der Waals surface area contributed by atoms with Crippen LogP contribution in [-0.2, 0) is 0 Å². The molecule has 0 saturated heterocycles. The lowest BCUT2D eigenvalue weighted by atomic mass is 10.2. The minimum atomic E-state index is 0.654. The first-order valence-corrected chi connectivity index (χ1v) is 8.32. The lowest BCUT2D eigenvalue weighted by Gasteiger charge is -2.10. The Kier molecular flexibility index (Phi) is 4.17. The number of nitrogens with one attached hydrogen (secondary N) is 3. The van der Waals surface area contributed by atoms with E-state index in [1.807, 2.05) is 54.7 Å². The number of nitrogens with zero attached hydrogens (tertiary/aromatic N) is 2. The quantitative estimate of drug-likeness (QED) is 0.428. The molecule has 0 atom stereocenters. The molecule has 0 aliphatic heterocycles. The summed E-state index contributed by atoms with van der Waals surface area (Å²) in [5, 5.41) is 8.80. The molecule has 0 spiro atoms. The highest BCUT2D eigenvalue weighted by atomic mass is 35.5. The maximum atomic E-state index is 6.06. The van der Waals surface area contributed by atoms with E-state index >= 15 is 0 Å². The highest BCUT2D eigenvalue weighted by Crippen LogP contribution is 2.32. The molecule has 7 heteroatoms. The second-order valence-corrected chi connectivity index (χ2v) is 6.29. The number of aromatic amines is 1. The van der Waals surface area contributed by atoms with Crippen LogP contribution in [0.15, 0.2) is 61.1 Å². The Labute approximate surface area is 154 Å². The maximum Gasteiger partial charge on any atom is 0.145 e. The van der Waals surface area contributed by atoms with Gasteiger partial charge in [-0.05, 0) is 36.4 Å². The number of anilines is 4. The summed E-state index contributed by atoms with van der Waals surface area (Å²) in [5.74, 6) is 0.679. The van der Waals surface area contributed by atoms with Gasteiger partial charge in [-0.1, -0.05) is 35.3 Å². The number of hydrogen-bond acceptors (Lipinski definition) is 4. The summed E-state index contributed by atoms with van der Waals surface area (Å²) >= 11 is 12.1. The summed E-state index contributed by atoms with van der Waals surface area (Å²) < 4.78 is 0. The van der Waals surface area contributed by atoms with Gasteiger partial charge in [0.2, 0.25) is 0 Å². The first-order valence-electron chi connectivity index (χ1n) is 7.56. The predicted octanol–water partition coefficient (Wildman–Crippen LogP) is 5.75. The largest absolute Gasteiger partial charge is 0.354 e. The fraction of sp³-hybridized carbons (Fsp3) is 0. The lowest BCUT2D eigenvalue weighted by Crippen LogP contribution is -1.97. The van der Waals surface area contributed by atoms with Gasteiger partial charge in [0, 0.05) is 27.6 Å². The maximum absolute atomic E-state index is 6.06. The second-order valence-electron chi connectivity index (χ2n) is 5.42. The molecule has 4 rings (SSSR count). The van der Waals surface area contributed by atoms with Crippen LogP contribution in [0.3, 0.4) is 0 Å². The average Bonchev–Trinajstić information content (AvgIpc) is 2.99. The molecule has 0 saturated carbocycles. The molecule has 0 aliphatic carbocycles. The Balaban J connectivity index is 1.74. The van der Waals surface area contributed by atoms with Gasteiger partial charge in [-0.3, -0.25) is 0 Å². The van der Waals surface area contributed by atoms with Crippen molar-refractivity contribution in [2.24, 2.45) is 0 Å². The van der Waals surface area contributed by atoms with Crippen LogP contribution in [-0.4, -0.2) is 15.0 Å². The van der Waals surface area contributed by atoms with E-state index in [1.54, 1.807) is 0 Å². The molecule has 0 bridgehead atoms. The van der Waals surface area contributed by atoms with Crippen LogP contribution >= 0.6 is 23.2 Å². The minimum Gasteiger partial charge on any atom is -0.354 e. The van der Waals surface area contributed by atoms with Crippen LogP contribution in [0.1, 0.15) is 0 Å². The van der Waals surface area contributed by atoms with Gasteiger partial charge in [-0.15, -0.1) is 0 Å². The van der Waals surface area contributed by atoms with E-state index in [0.29, 0.717) is 15.9 Å². The molecule has 2 heterocycles. The van der Waals surface area contributed by atoms with E-state index < -0.39 is 0 Å². The van der Waals surface area contributed by atoms with E-state index in [-0.39, 0.29) is 0 Å². The van der Waals surface area contributed by atoms with E-state index in [1.165, 1.54) is 6.33 Å². The Morgan fingerprint density at radius 2 is 1.52 bits per heavy atom. The van der Waals surface area contributed by atoms with Gasteiger partial charge in [0.05, 0.1) is 11.1 Å². The molecule has 2 aromatic carbocycles. The predicted molar refractivity (Wildman–Crippen MR) is 103 cm³/mol. The normalized spacial score (nSPS) is 10.8. The molecule has 0 aliphatic rings. The third-order valence-corrected chi connectivity index (χ3v) is 4.13. The standard InChI is InChI=1S/C18H13Cl2N5/c19-11-3-1-5-13(7-11)24-15-9-21-17-16(15)18(23-10-22-17)25-14-6-2-4-12(20)8-14/h1-10,24H,(H2,21,22,23,25). The van der Waals surface area contributed by atoms with Crippen molar-refractivity contribution in [3.63, 3.8) is 0 Å². The Bertz CT molecular complexity index is 1040. The van der Waals surface area contributed by atoms with Crippen molar-refractivity contribution < 1.29 is 0 Å². The molecule has 0 radical (unpaired) electrons. The summed E-state index contributed by atoms with van der Waals surface area (Å²) in [6, 6.07) is 15.0. The molecular formula is C18H13Cl2N5. The van der Waals surface area contributed by atoms with E-state index in [9.17, 15) is 0 Å². The van der Waals surface area contributed by atoms with Gasteiger partial charge in [-0.25, -0.2) is 9.97 Å². The van der Waals surface area contributed by atoms with Crippen molar-refractivity contribution in [2.45, 2.75) is 0 Å². The van der Waals surface area contributed by atoms with E-state index in [0.717, 1.165) is 28.1 Å². The number of hydrogen-bond donors (Lipinski definition) is 3. The Hall–Kier alpha value is -2.76. The number of benzene rings is 2. The molecule has 4 aromatic rings. The molecule has 25 heavy (non-hydrogen) atoms. The summed E-state index contributed by atoms with van der Waals surface area (Å²) in [5.41, 5.74) is 3.31. The monoisotopic (exact) mass is 369 g/mol. The Morgan fingerprint density at radius 3 is 2.20 bits per heavy atom. The van der Waals surface area contributed by atoms with E-state index in [4.69, 9.17) is 23.2 Å². The number of halogens is 2. The number of H-pyrrole nitrogens is 1. The van der Waals surface area contributed by atoms with Crippen molar-refractivity contribution in [3.05, 3.63) is 71.1 Å². The van der Waals surface area contributed by atoms with Crippen LogP contribution in [0.2, 0.25) is 10.0 Å². The number of fused-ring (bicyclic) bond motifs is 1. The first kappa shape index (κ1) is 15.7. The van der Waals surface area contributed by atoms with Crippen molar-refractivity contribution in [3.8, 4) is 0 Å². The van der Waals surface area contributed by atoms with Crippen LogP contribution in [0.5, 0.6) is 0 Å². The van der Waals surface area contributed by atoms with Crippen molar-refractivity contribution in [1.82, 2.24) is 15.0 Å². The van der Waals surface area contributed by atoms with Crippen LogP contribution < -0.4 is 10.6 Å².